The van der Waals surface area contributed by atoms with Crippen molar-refractivity contribution in [3.8, 4) is 5.75 Å². The number of ether oxygens (including phenoxy) is 1. The topological polar surface area (TPSA) is 84.7 Å². The van der Waals surface area contributed by atoms with Gasteiger partial charge in [-0.05, 0) is 24.5 Å². The molecular formula is C16H21N3O3. The molecular weight excluding hydrogens is 282 g/mol. The first-order valence-electron chi connectivity index (χ1n) is 7.66. The molecule has 1 fully saturated rings. The number of amides is 3. The molecule has 3 amide bonds. The molecule has 0 saturated carbocycles. The second kappa shape index (κ2) is 6.25. The molecule has 6 heteroatoms. The van der Waals surface area contributed by atoms with E-state index in [0.29, 0.717) is 32.7 Å². The minimum absolute atomic E-state index is 0.123. The highest BCUT2D eigenvalue weighted by Crippen LogP contribution is 2.26. The van der Waals surface area contributed by atoms with Crippen LogP contribution >= 0.6 is 0 Å². The Morgan fingerprint density at radius 1 is 1.36 bits per heavy atom. The van der Waals surface area contributed by atoms with Gasteiger partial charge < -0.3 is 20.7 Å². The lowest BCUT2D eigenvalue weighted by Crippen LogP contribution is -2.43. The molecule has 118 valence electrons. The van der Waals surface area contributed by atoms with Gasteiger partial charge in [0.1, 0.15) is 5.75 Å². The molecule has 0 aliphatic carbocycles. The average Bonchev–Trinajstić information content (AvgIpc) is 3.03. The summed E-state index contributed by atoms with van der Waals surface area (Å²) < 4.78 is 5.72. The number of carbonyl (C=O) groups excluding carboxylic acids is 2. The first-order valence-corrected chi connectivity index (χ1v) is 7.66. The van der Waals surface area contributed by atoms with E-state index in [9.17, 15) is 9.59 Å². The number of nitrogens with one attached hydrogen (secondary N) is 1. The van der Waals surface area contributed by atoms with E-state index in [0.717, 1.165) is 12.2 Å². The van der Waals surface area contributed by atoms with E-state index in [1.807, 2.05) is 18.2 Å². The summed E-state index contributed by atoms with van der Waals surface area (Å²) in [5.74, 6) is 0.672. The van der Waals surface area contributed by atoms with E-state index in [4.69, 9.17) is 10.5 Å². The monoisotopic (exact) mass is 303 g/mol. The lowest BCUT2D eigenvalue weighted by Gasteiger charge is -2.26. The van der Waals surface area contributed by atoms with E-state index < -0.39 is 0 Å². The molecule has 1 aromatic rings. The quantitative estimate of drug-likeness (QED) is 0.864. The molecule has 2 aliphatic rings. The summed E-state index contributed by atoms with van der Waals surface area (Å²) in [6.45, 7) is 2.20. The third-order valence-electron chi connectivity index (χ3n) is 4.38. The minimum atomic E-state index is -0.326. The van der Waals surface area contributed by atoms with Crippen LogP contribution in [0.4, 0.5) is 4.79 Å². The van der Waals surface area contributed by atoms with Crippen molar-refractivity contribution in [2.75, 3.05) is 26.2 Å². The maximum Gasteiger partial charge on any atom is 0.317 e. The lowest BCUT2D eigenvalue weighted by atomic mass is 9.97. The Balaban J connectivity index is 1.47. The second-order valence-electron chi connectivity index (χ2n) is 6.01. The summed E-state index contributed by atoms with van der Waals surface area (Å²) >= 11 is 0. The van der Waals surface area contributed by atoms with Crippen LogP contribution in [0.25, 0.3) is 0 Å². The highest BCUT2D eigenvalue weighted by atomic mass is 16.5. The predicted octanol–water partition coefficient (Wildman–Crippen LogP) is 0.754. The first-order chi connectivity index (χ1) is 10.6. The second-order valence-corrected chi connectivity index (χ2v) is 6.01. The number of hydrogen-bond donors (Lipinski definition) is 2. The molecule has 0 aromatic heterocycles. The van der Waals surface area contributed by atoms with Gasteiger partial charge in [-0.15, -0.1) is 0 Å². The van der Waals surface area contributed by atoms with Crippen LogP contribution in [-0.2, 0) is 11.2 Å². The molecule has 3 N–H and O–H groups in total. The fraction of sp³-hybridized carbons (Fsp3) is 0.500. The SMILES string of the molecule is NC(=O)[C@@H]1CCN(C(=O)NC[C@H]2COc3ccccc3C2)C1. The van der Waals surface area contributed by atoms with Crippen molar-refractivity contribution in [3.05, 3.63) is 29.8 Å². The fourth-order valence-corrected chi connectivity index (χ4v) is 3.04. The number of rotatable bonds is 3. The van der Waals surface area contributed by atoms with Crippen molar-refractivity contribution >= 4 is 11.9 Å². The van der Waals surface area contributed by atoms with Gasteiger partial charge in [-0.3, -0.25) is 4.79 Å². The zero-order chi connectivity index (χ0) is 15.5. The number of hydrogen-bond acceptors (Lipinski definition) is 3. The van der Waals surface area contributed by atoms with Gasteiger partial charge in [-0.2, -0.15) is 0 Å². The Morgan fingerprint density at radius 3 is 2.95 bits per heavy atom. The Hall–Kier alpha value is -2.24. The maximum absolute atomic E-state index is 12.1. The maximum atomic E-state index is 12.1. The highest BCUT2D eigenvalue weighted by Gasteiger charge is 2.30. The van der Waals surface area contributed by atoms with Crippen LogP contribution in [0.5, 0.6) is 5.75 Å². The third kappa shape index (κ3) is 3.16. The van der Waals surface area contributed by atoms with Crippen LogP contribution in [0.2, 0.25) is 0 Å². The summed E-state index contributed by atoms with van der Waals surface area (Å²) in [4.78, 5) is 24.9. The number of benzene rings is 1. The molecule has 6 nitrogen and oxygen atoms in total. The zero-order valence-electron chi connectivity index (χ0n) is 12.5. The molecule has 0 bridgehead atoms. The van der Waals surface area contributed by atoms with Crippen molar-refractivity contribution in [1.82, 2.24) is 10.2 Å². The van der Waals surface area contributed by atoms with Gasteiger partial charge in [0.15, 0.2) is 0 Å². The van der Waals surface area contributed by atoms with E-state index in [1.54, 1.807) is 4.90 Å². The molecule has 2 atom stereocenters. The smallest absolute Gasteiger partial charge is 0.317 e. The van der Waals surface area contributed by atoms with E-state index in [1.165, 1.54) is 5.56 Å². The van der Waals surface area contributed by atoms with Crippen molar-refractivity contribution < 1.29 is 14.3 Å². The summed E-state index contributed by atoms with van der Waals surface area (Å²) in [7, 11) is 0. The van der Waals surface area contributed by atoms with E-state index in [-0.39, 0.29) is 23.8 Å². The highest BCUT2D eigenvalue weighted by molar-refractivity contribution is 5.80. The number of carbonyl (C=O) groups is 2. The Bertz CT molecular complexity index is 576. The van der Waals surface area contributed by atoms with Crippen molar-refractivity contribution in [3.63, 3.8) is 0 Å². The van der Waals surface area contributed by atoms with Gasteiger partial charge in [0.2, 0.25) is 5.91 Å². The van der Waals surface area contributed by atoms with Gasteiger partial charge in [0.25, 0.3) is 0 Å². The number of para-hydroxylation sites is 1. The molecule has 2 aliphatic heterocycles. The fourth-order valence-electron chi connectivity index (χ4n) is 3.04. The first kappa shape index (κ1) is 14.7. The van der Waals surface area contributed by atoms with Gasteiger partial charge in [-0.1, -0.05) is 18.2 Å². The molecule has 0 spiro atoms. The van der Waals surface area contributed by atoms with Gasteiger partial charge in [0, 0.05) is 25.6 Å². The third-order valence-corrected chi connectivity index (χ3v) is 4.38. The Labute approximate surface area is 129 Å². The number of nitrogens with zero attached hydrogens (tertiary/aromatic N) is 1. The predicted molar refractivity (Wildman–Crippen MR) is 81.4 cm³/mol. The summed E-state index contributed by atoms with van der Waals surface area (Å²) in [6.07, 6.45) is 1.56. The van der Waals surface area contributed by atoms with Crippen LogP contribution in [0.15, 0.2) is 24.3 Å². The Kier molecular flexibility index (Phi) is 4.18. The standard InChI is InChI=1S/C16H21N3O3/c17-15(20)13-5-6-19(9-13)16(21)18-8-11-7-12-3-1-2-4-14(12)22-10-11/h1-4,11,13H,5-10H2,(H2,17,20)(H,18,21)/t11-,13+/m0/s1. The normalized spacial score (nSPS) is 23.5. The molecule has 22 heavy (non-hydrogen) atoms. The largest absolute Gasteiger partial charge is 0.493 e. The van der Waals surface area contributed by atoms with Gasteiger partial charge >= 0.3 is 6.03 Å². The van der Waals surface area contributed by atoms with Crippen LogP contribution in [0.1, 0.15) is 12.0 Å². The average molecular weight is 303 g/mol. The summed E-state index contributed by atoms with van der Waals surface area (Å²) in [6, 6.07) is 7.86. The lowest BCUT2D eigenvalue weighted by molar-refractivity contribution is -0.121. The molecule has 3 rings (SSSR count). The molecule has 0 radical (unpaired) electrons. The van der Waals surface area contributed by atoms with Crippen LogP contribution < -0.4 is 15.8 Å². The number of likely N-dealkylation sites (tertiary alicyclic amines) is 1. The van der Waals surface area contributed by atoms with Crippen LogP contribution in [0.3, 0.4) is 0 Å². The van der Waals surface area contributed by atoms with Crippen LogP contribution in [0, 0.1) is 11.8 Å². The summed E-state index contributed by atoms with van der Waals surface area (Å²) in [5.41, 5.74) is 6.47. The van der Waals surface area contributed by atoms with Crippen molar-refractivity contribution in [1.29, 1.82) is 0 Å². The molecule has 1 saturated heterocycles. The number of fused-ring (bicyclic) bond motifs is 1. The van der Waals surface area contributed by atoms with E-state index >= 15 is 0 Å². The number of nitrogens with two attached hydrogens (primary N) is 1. The molecule has 2 heterocycles. The molecule has 0 unspecified atom stereocenters. The zero-order valence-corrected chi connectivity index (χ0v) is 12.5. The number of primary amides is 1. The van der Waals surface area contributed by atoms with E-state index in [2.05, 4.69) is 11.4 Å². The van der Waals surface area contributed by atoms with Crippen LogP contribution in [-0.4, -0.2) is 43.1 Å². The Morgan fingerprint density at radius 2 is 2.18 bits per heavy atom. The van der Waals surface area contributed by atoms with Crippen molar-refractivity contribution in [2.45, 2.75) is 12.8 Å². The van der Waals surface area contributed by atoms with Crippen molar-refractivity contribution in [2.24, 2.45) is 17.6 Å². The molecule has 1 aromatic carbocycles. The van der Waals surface area contributed by atoms with Gasteiger partial charge in [0.05, 0.1) is 12.5 Å². The minimum Gasteiger partial charge on any atom is -0.493 e. The number of urea groups is 1. The summed E-state index contributed by atoms with van der Waals surface area (Å²) in [5, 5.41) is 2.94. The van der Waals surface area contributed by atoms with Gasteiger partial charge in [-0.25, -0.2) is 4.79 Å².